The fraction of sp³-hybridized carbons (Fsp3) is 0.333. The Bertz CT molecular complexity index is 274. The zero-order valence-corrected chi connectivity index (χ0v) is 9.11. The standard InChI is InChI=1S/C9H13O3P/c1-10-6-4-7(11-2)9(13)8(5-6)12-3/h4-5H,13H2,1-3H3. The second kappa shape index (κ2) is 4.33. The summed E-state index contributed by atoms with van der Waals surface area (Å²) in [5, 5.41) is 0.894. The summed E-state index contributed by atoms with van der Waals surface area (Å²) in [5.74, 6) is 2.20. The van der Waals surface area contributed by atoms with Crippen LogP contribution in [0.1, 0.15) is 0 Å². The second-order valence-corrected chi connectivity index (χ2v) is 3.02. The molecule has 0 aliphatic rings. The van der Waals surface area contributed by atoms with Crippen molar-refractivity contribution < 1.29 is 14.2 Å². The van der Waals surface area contributed by atoms with Crippen LogP contribution in [0.4, 0.5) is 0 Å². The first kappa shape index (κ1) is 10.1. The van der Waals surface area contributed by atoms with Crippen molar-refractivity contribution in [1.82, 2.24) is 0 Å². The van der Waals surface area contributed by atoms with Crippen LogP contribution in [0, 0.1) is 0 Å². The fourth-order valence-corrected chi connectivity index (χ4v) is 1.43. The summed E-state index contributed by atoms with van der Waals surface area (Å²) in [6, 6.07) is 3.62. The minimum atomic E-state index is 0.722. The Morgan fingerprint density at radius 2 is 1.38 bits per heavy atom. The lowest BCUT2D eigenvalue weighted by molar-refractivity contribution is 0.380. The van der Waals surface area contributed by atoms with E-state index in [1.165, 1.54) is 0 Å². The van der Waals surface area contributed by atoms with Crippen molar-refractivity contribution in [1.29, 1.82) is 0 Å². The van der Waals surface area contributed by atoms with Crippen LogP contribution in [-0.4, -0.2) is 21.3 Å². The molecular formula is C9H13O3P. The zero-order chi connectivity index (χ0) is 9.84. The van der Waals surface area contributed by atoms with Crippen molar-refractivity contribution in [3.05, 3.63) is 12.1 Å². The van der Waals surface area contributed by atoms with Crippen LogP contribution in [0.5, 0.6) is 17.2 Å². The summed E-state index contributed by atoms with van der Waals surface area (Å²) in [5.41, 5.74) is 0. The molecule has 4 heteroatoms. The van der Waals surface area contributed by atoms with Gasteiger partial charge in [0.15, 0.2) is 0 Å². The topological polar surface area (TPSA) is 27.7 Å². The maximum Gasteiger partial charge on any atom is 0.133 e. The molecule has 0 saturated heterocycles. The van der Waals surface area contributed by atoms with Gasteiger partial charge in [0.2, 0.25) is 0 Å². The Balaban J connectivity index is 3.20. The number of methoxy groups -OCH3 is 3. The van der Waals surface area contributed by atoms with Crippen molar-refractivity contribution in [2.45, 2.75) is 0 Å². The van der Waals surface area contributed by atoms with Gasteiger partial charge in [-0.05, 0) is 0 Å². The molecule has 3 nitrogen and oxygen atoms in total. The Labute approximate surface area is 80.2 Å². The van der Waals surface area contributed by atoms with Gasteiger partial charge in [0, 0.05) is 12.1 Å². The first-order valence-corrected chi connectivity index (χ1v) is 4.36. The van der Waals surface area contributed by atoms with Gasteiger partial charge in [0.25, 0.3) is 0 Å². The highest BCUT2D eigenvalue weighted by Crippen LogP contribution is 2.26. The Kier molecular flexibility index (Phi) is 3.38. The van der Waals surface area contributed by atoms with E-state index < -0.39 is 0 Å². The van der Waals surface area contributed by atoms with Gasteiger partial charge in [0.1, 0.15) is 17.2 Å². The molecule has 0 radical (unpaired) electrons. The highest BCUT2D eigenvalue weighted by molar-refractivity contribution is 7.28. The molecule has 13 heavy (non-hydrogen) atoms. The second-order valence-electron chi connectivity index (χ2n) is 2.45. The van der Waals surface area contributed by atoms with E-state index >= 15 is 0 Å². The number of hydrogen-bond acceptors (Lipinski definition) is 3. The van der Waals surface area contributed by atoms with Gasteiger partial charge in [-0.1, -0.05) is 9.24 Å². The first-order chi connectivity index (χ1) is 6.22. The molecule has 0 saturated carbocycles. The summed E-state index contributed by atoms with van der Waals surface area (Å²) >= 11 is 0. The molecule has 0 aliphatic heterocycles. The Hall–Kier alpha value is -0.950. The van der Waals surface area contributed by atoms with Crippen molar-refractivity contribution in [2.75, 3.05) is 21.3 Å². The maximum absolute atomic E-state index is 5.15. The van der Waals surface area contributed by atoms with Gasteiger partial charge < -0.3 is 14.2 Å². The quantitative estimate of drug-likeness (QED) is 0.686. The average Bonchev–Trinajstić information content (AvgIpc) is 2.18. The van der Waals surface area contributed by atoms with Crippen LogP contribution in [0.2, 0.25) is 0 Å². The SMILES string of the molecule is COc1cc(OC)c(P)c(OC)c1. The van der Waals surface area contributed by atoms with E-state index in [1.807, 2.05) is 12.1 Å². The molecule has 0 amide bonds. The van der Waals surface area contributed by atoms with Crippen molar-refractivity contribution >= 4 is 14.5 Å². The molecule has 1 rings (SSSR count). The summed E-state index contributed by atoms with van der Waals surface area (Å²) in [4.78, 5) is 0. The van der Waals surface area contributed by atoms with E-state index in [0.717, 1.165) is 22.6 Å². The molecule has 0 aliphatic carbocycles. The Morgan fingerprint density at radius 3 is 1.69 bits per heavy atom. The smallest absolute Gasteiger partial charge is 0.133 e. The van der Waals surface area contributed by atoms with E-state index in [2.05, 4.69) is 9.24 Å². The van der Waals surface area contributed by atoms with Crippen molar-refractivity contribution in [3.63, 3.8) is 0 Å². The maximum atomic E-state index is 5.15. The van der Waals surface area contributed by atoms with E-state index in [0.29, 0.717) is 0 Å². The van der Waals surface area contributed by atoms with Crippen molar-refractivity contribution in [2.24, 2.45) is 0 Å². The molecule has 0 bridgehead atoms. The van der Waals surface area contributed by atoms with Gasteiger partial charge in [-0.2, -0.15) is 0 Å². The normalized spacial score (nSPS) is 9.54. The number of ether oxygens (including phenoxy) is 3. The van der Waals surface area contributed by atoms with E-state index in [-0.39, 0.29) is 0 Å². The largest absolute Gasteiger partial charge is 0.496 e. The Morgan fingerprint density at radius 1 is 0.923 bits per heavy atom. The molecule has 0 spiro atoms. The molecule has 1 unspecified atom stereocenters. The fourth-order valence-electron chi connectivity index (χ4n) is 1.03. The van der Waals surface area contributed by atoms with Crippen LogP contribution in [-0.2, 0) is 0 Å². The van der Waals surface area contributed by atoms with Gasteiger partial charge in [-0.15, -0.1) is 0 Å². The number of rotatable bonds is 3. The third kappa shape index (κ3) is 2.04. The zero-order valence-electron chi connectivity index (χ0n) is 7.96. The van der Waals surface area contributed by atoms with Gasteiger partial charge in [-0.25, -0.2) is 0 Å². The number of benzene rings is 1. The molecular weight excluding hydrogens is 187 g/mol. The molecule has 0 N–H and O–H groups in total. The molecule has 1 aromatic rings. The lowest BCUT2D eigenvalue weighted by Crippen LogP contribution is -2.03. The monoisotopic (exact) mass is 200 g/mol. The third-order valence-electron chi connectivity index (χ3n) is 1.75. The number of hydrogen-bond donors (Lipinski definition) is 0. The molecule has 1 atom stereocenters. The summed E-state index contributed by atoms with van der Waals surface area (Å²) in [6.45, 7) is 0. The minimum Gasteiger partial charge on any atom is -0.496 e. The predicted octanol–water partition coefficient (Wildman–Crippen LogP) is 1.21. The molecule has 1 aromatic carbocycles. The lowest BCUT2D eigenvalue weighted by atomic mass is 10.3. The van der Waals surface area contributed by atoms with Crippen LogP contribution >= 0.6 is 9.24 Å². The van der Waals surface area contributed by atoms with E-state index in [1.54, 1.807) is 21.3 Å². The summed E-state index contributed by atoms with van der Waals surface area (Å²) in [6.07, 6.45) is 0. The van der Waals surface area contributed by atoms with Crippen LogP contribution in [0.25, 0.3) is 0 Å². The third-order valence-corrected chi connectivity index (χ3v) is 2.32. The summed E-state index contributed by atoms with van der Waals surface area (Å²) < 4.78 is 15.4. The molecule has 0 heterocycles. The summed E-state index contributed by atoms with van der Waals surface area (Å²) in [7, 11) is 7.41. The van der Waals surface area contributed by atoms with Gasteiger partial charge in [0.05, 0.1) is 26.6 Å². The first-order valence-electron chi connectivity index (χ1n) is 3.78. The van der Waals surface area contributed by atoms with E-state index in [4.69, 9.17) is 14.2 Å². The van der Waals surface area contributed by atoms with Crippen molar-refractivity contribution in [3.8, 4) is 17.2 Å². The lowest BCUT2D eigenvalue weighted by Gasteiger charge is -2.11. The molecule has 0 aromatic heterocycles. The van der Waals surface area contributed by atoms with E-state index in [9.17, 15) is 0 Å². The minimum absolute atomic E-state index is 0.722. The predicted molar refractivity (Wildman–Crippen MR) is 55.4 cm³/mol. The highest BCUT2D eigenvalue weighted by atomic mass is 31.0. The highest BCUT2D eigenvalue weighted by Gasteiger charge is 2.07. The molecule has 0 fully saturated rings. The average molecular weight is 200 g/mol. The van der Waals surface area contributed by atoms with Crippen LogP contribution in [0.15, 0.2) is 12.1 Å². The van der Waals surface area contributed by atoms with Crippen LogP contribution < -0.4 is 19.5 Å². The molecule has 72 valence electrons. The van der Waals surface area contributed by atoms with Gasteiger partial charge >= 0.3 is 0 Å². The van der Waals surface area contributed by atoms with Gasteiger partial charge in [-0.3, -0.25) is 0 Å². The van der Waals surface area contributed by atoms with Crippen LogP contribution in [0.3, 0.4) is 0 Å².